The third-order valence-electron chi connectivity index (χ3n) is 6.31. The van der Waals surface area contributed by atoms with Gasteiger partial charge in [-0.15, -0.1) is 0 Å². The van der Waals surface area contributed by atoms with E-state index in [1.165, 1.54) is 18.2 Å². The minimum absolute atomic E-state index is 0.0962. The molecule has 11 nitrogen and oxygen atoms in total. The van der Waals surface area contributed by atoms with E-state index in [0.717, 1.165) is 35.4 Å². The lowest BCUT2D eigenvalue weighted by Crippen LogP contribution is -2.32. The summed E-state index contributed by atoms with van der Waals surface area (Å²) >= 11 is 0.824. The Morgan fingerprint density at radius 3 is 2.50 bits per heavy atom. The molecule has 0 atom stereocenters. The summed E-state index contributed by atoms with van der Waals surface area (Å²) in [5.41, 5.74) is 1.49. The third-order valence-corrected chi connectivity index (χ3v) is 7.22. The summed E-state index contributed by atoms with van der Waals surface area (Å²) in [6.45, 7) is 5.38. The van der Waals surface area contributed by atoms with Crippen molar-refractivity contribution < 1.29 is 28.8 Å². The number of non-ortho nitro benzene ring substituents is 1. The van der Waals surface area contributed by atoms with Gasteiger partial charge in [-0.25, -0.2) is 0 Å². The number of hydrogen-bond donors (Lipinski definition) is 1. The Balaban J connectivity index is 1.49. The zero-order chi connectivity index (χ0) is 30.1. The number of thioether (sulfide) groups is 1. The van der Waals surface area contributed by atoms with Gasteiger partial charge in [-0.1, -0.05) is 24.3 Å². The number of hydrogen-bond acceptors (Lipinski definition) is 9. The van der Waals surface area contributed by atoms with Crippen LogP contribution in [0.3, 0.4) is 0 Å². The van der Waals surface area contributed by atoms with E-state index < -0.39 is 22.0 Å². The number of para-hydroxylation sites is 1. The highest BCUT2D eigenvalue weighted by Crippen LogP contribution is 2.35. The van der Waals surface area contributed by atoms with Crippen molar-refractivity contribution in [3.8, 4) is 11.5 Å². The first-order valence-electron chi connectivity index (χ1n) is 13.3. The van der Waals surface area contributed by atoms with Crippen molar-refractivity contribution >= 4 is 52.0 Å². The van der Waals surface area contributed by atoms with E-state index in [-0.39, 0.29) is 36.0 Å². The van der Waals surface area contributed by atoms with E-state index in [0.29, 0.717) is 17.1 Å². The van der Waals surface area contributed by atoms with Crippen molar-refractivity contribution in [3.05, 3.63) is 93.4 Å². The summed E-state index contributed by atoms with van der Waals surface area (Å²) in [4.78, 5) is 52.3. The Bertz CT molecular complexity index is 1490. The third kappa shape index (κ3) is 7.67. The molecule has 4 rings (SSSR count). The number of imide groups is 1. The predicted molar refractivity (Wildman–Crippen MR) is 162 cm³/mol. The number of nitro groups is 1. The van der Waals surface area contributed by atoms with Crippen LogP contribution in [-0.4, -0.2) is 59.7 Å². The van der Waals surface area contributed by atoms with Gasteiger partial charge in [0, 0.05) is 48.2 Å². The molecular formula is C30H30N4O7S. The van der Waals surface area contributed by atoms with Crippen LogP contribution < -0.4 is 19.7 Å². The fourth-order valence-electron chi connectivity index (χ4n) is 4.20. The summed E-state index contributed by atoms with van der Waals surface area (Å²) < 4.78 is 11.5. The van der Waals surface area contributed by atoms with Gasteiger partial charge < -0.3 is 19.7 Å². The van der Waals surface area contributed by atoms with Gasteiger partial charge in [-0.05, 0) is 62.0 Å². The molecule has 218 valence electrons. The predicted octanol–water partition coefficient (Wildman–Crippen LogP) is 5.57. The smallest absolute Gasteiger partial charge is 0.293 e. The summed E-state index contributed by atoms with van der Waals surface area (Å²) in [6, 6.07) is 20.1. The fraction of sp³-hybridized carbons (Fsp3) is 0.233. The highest BCUT2D eigenvalue weighted by atomic mass is 32.2. The molecule has 3 aromatic rings. The second-order valence-electron chi connectivity index (χ2n) is 9.03. The second kappa shape index (κ2) is 14.2. The van der Waals surface area contributed by atoms with Crippen LogP contribution in [0, 0.1) is 10.1 Å². The topological polar surface area (TPSA) is 131 Å². The quantitative estimate of drug-likeness (QED) is 0.154. The van der Waals surface area contributed by atoms with Gasteiger partial charge in [0.15, 0.2) is 6.61 Å². The number of benzene rings is 3. The van der Waals surface area contributed by atoms with Crippen LogP contribution in [0.4, 0.5) is 21.9 Å². The molecule has 3 amide bonds. The van der Waals surface area contributed by atoms with Crippen LogP contribution in [0.1, 0.15) is 19.4 Å². The minimum atomic E-state index is -0.546. The van der Waals surface area contributed by atoms with Crippen LogP contribution in [0.2, 0.25) is 0 Å². The lowest BCUT2D eigenvalue weighted by atomic mass is 10.1. The van der Waals surface area contributed by atoms with E-state index in [4.69, 9.17) is 9.47 Å². The number of ether oxygens (including phenoxy) is 2. The molecule has 1 aliphatic rings. The van der Waals surface area contributed by atoms with Crippen LogP contribution >= 0.6 is 11.8 Å². The molecule has 0 unspecified atom stereocenters. The summed E-state index contributed by atoms with van der Waals surface area (Å²) in [5, 5.41) is 13.2. The molecule has 1 saturated heterocycles. The summed E-state index contributed by atoms with van der Waals surface area (Å²) in [6.07, 6.45) is 1.57. The lowest BCUT2D eigenvalue weighted by molar-refractivity contribution is -0.384. The molecule has 0 saturated carbocycles. The Morgan fingerprint density at radius 1 is 1.02 bits per heavy atom. The number of carbonyl (C=O) groups excluding carboxylic acids is 3. The van der Waals surface area contributed by atoms with Crippen LogP contribution in [0.15, 0.2) is 77.7 Å². The highest BCUT2D eigenvalue weighted by molar-refractivity contribution is 8.18. The molecule has 1 heterocycles. The molecule has 3 aromatic carbocycles. The number of amides is 3. The summed E-state index contributed by atoms with van der Waals surface area (Å²) in [5.74, 6) is 0.0229. The first-order valence-corrected chi connectivity index (χ1v) is 14.1. The molecule has 12 heteroatoms. The molecule has 1 N–H and O–H groups in total. The van der Waals surface area contributed by atoms with Gasteiger partial charge >= 0.3 is 0 Å². The van der Waals surface area contributed by atoms with Gasteiger partial charge in [-0.2, -0.15) is 0 Å². The Kier molecular flexibility index (Phi) is 10.2. The Hall–Kier alpha value is -4.84. The normalized spacial score (nSPS) is 13.8. The van der Waals surface area contributed by atoms with E-state index in [2.05, 4.69) is 10.2 Å². The van der Waals surface area contributed by atoms with Crippen LogP contribution in [0.25, 0.3) is 6.08 Å². The van der Waals surface area contributed by atoms with Gasteiger partial charge in [0.1, 0.15) is 18.1 Å². The second-order valence-corrected chi connectivity index (χ2v) is 10.0. The molecule has 42 heavy (non-hydrogen) atoms. The standard InChI is InChI=1S/C30H30N4O7S/c1-3-32(4-2)23-14-13-21(26(19-23)41-20-28(35)31-22-9-8-10-24(18-22)34(38)39)17-27-29(36)33(30(37)42-27)15-16-40-25-11-6-5-7-12-25/h5-14,17-19H,3-4,15-16,20H2,1-2H3,(H,31,35)/b27-17-. The molecule has 1 aliphatic heterocycles. The van der Waals surface area contributed by atoms with E-state index in [9.17, 15) is 24.5 Å². The van der Waals surface area contributed by atoms with Gasteiger partial charge in [0.25, 0.3) is 22.7 Å². The molecule has 0 bridgehead atoms. The molecule has 0 radical (unpaired) electrons. The monoisotopic (exact) mass is 590 g/mol. The number of anilines is 2. The fourth-order valence-corrected chi connectivity index (χ4v) is 5.05. The Labute approximate surface area is 247 Å². The maximum atomic E-state index is 13.1. The maximum Gasteiger partial charge on any atom is 0.293 e. The van der Waals surface area contributed by atoms with Gasteiger partial charge in [-0.3, -0.25) is 29.4 Å². The number of rotatable bonds is 13. The SMILES string of the molecule is CCN(CC)c1ccc(/C=C2\SC(=O)N(CCOc3ccccc3)C2=O)c(OCC(=O)Nc2cccc([N+](=O)[O-])c2)c1. The van der Waals surface area contributed by atoms with Gasteiger partial charge in [0.2, 0.25) is 0 Å². The molecule has 0 aromatic heterocycles. The van der Waals surface area contributed by atoms with Crippen molar-refractivity contribution in [2.75, 3.05) is 43.1 Å². The minimum Gasteiger partial charge on any atom is -0.492 e. The first kappa shape index (κ1) is 30.1. The van der Waals surface area contributed by atoms with Crippen molar-refractivity contribution in [1.82, 2.24) is 4.90 Å². The van der Waals surface area contributed by atoms with Crippen molar-refractivity contribution in [2.24, 2.45) is 0 Å². The molecule has 1 fully saturated rings. The lowest BCUT2D eigenvalue weighted by Gasteiger charge is -2.22. The first-order chi connectivity index (χ1) is 20.3. The number of nitrogens with zero attached hydrogens (tertiary/aromatic N) is 3. The van der Waals surface area contributed by atoms with Gasteiger partial charge in [0.05, 0.1) is 16.4 Å². The van der Waals surface area contributed by atoms with Crippen LogP contribution in [-0.2, 0) is 9.59 Å². The average molecular weight is 591 g/mol. The maximum absolute atomic E-state index is 13.1. The number of nitro benzene ring substituents is 1. The molecule has 0 spiro atoms. The largest absolute Gasteiger partial charge is 0.492 e. The number of carbonyl (C=O) groups is 3. The summed E-state index contributed by atoms with van der Waals surface area (Å²) in [7, 11) is 0. The van der Waals surface area contributed by atoms with Crippen LogP contribution in [0.5, 0.6) is 11.5 Å². The number of nitrogens with one attached hydrogen (secondary N) is 1. The highest BCUT2D eigenvalue weighted by Gasteiger charge is 2.35. The average Bonchev–Trinajstić information content (AvgIpc) is 3.25. The zero-order valence-corrected chi connectivity index (χ0v) is 24.0. The molecule has 0 aliphatic carbocycles. The van der Waals surface area contributed by atoms with Crippen molar-refractivity contribution in [3.63, 3.8) is 0 Å². The van der Waals surface area contributed by atoms with E-state index in [1.807, 2.05) is 38.1 Å². The van der Waals surface area contributed by atoms with E-state index >= 15 is 0 Å². The van der Waals surface area contributed by atoms with Crippen molar-refractivity contribution in [2.45, 2.75) is 13.8 Å². The van der Waals surface area contributed by atoms with E-state index in [1.54, 1.807) is 36.4 Å². The Morgan fingerprint density at radius 2 is 1.79 bits per heavy atom. The zero-order valence-electron chi connectivity index (χ0n) is 23.1. The van der Waals surface area contributed by atoms with Crippen molar-refractivity contribution in [1.29, 1.82) is 0 Å². The molecular weight excluding hydrogens is 560 g/mol.